The van der Waals surface area contributed by atoms with Gasteiger partial charge in [0.2, 0.25) is 5.76 Å². The zero-order valence-corrected chi connectivity index (χ0v) is 20.8. The number of hydrogen-bond acceptors (Lipinski definition) is 5. The Morgan fingerprint density at radius 2 is 1.94 bits per heavy atom. The first kappa shape index (κ1) is 24.3. The van der Waals surface area contributed by atoms with Gasteiger partial charge in [-0.2, -0.15) is 0 Å². The molecule has 0 radical (unpaired) electrons. The quantitative estimate of drug-likeness (QED) is 0.362. The van der Waals surface area contributed by atoms with Gasteiger partial charge in [0.25, 0.3) is 5.91 Å². The molecule has 1 aliphatic heterocycles. The highest BCUT2D eigenvalue weighted by molar-refractivity contribution is 6.32. The molecule has 0 N–H and O–H groups in total. The Balaban J connectivity index is 1.81. The number of hydrogen-bond donors (Lipinski definition) is 0. The highest BCUT2D eigenvalue weighted by Crippen LogP contribution is 2.39. The molecule has 0 spiro atoms. The topological polar surface area (TPSA) is 69.0 Å². The van der Waals surface area contributed by atoms with Gasteiger partial charge in [-0.1, -0.05) is 37.6 Å². The Kier molecular flexibility index (Phi) is 7.29. The Morgan fingerprint density at radius 3 is 2.68 bits per heavy atom. The second-order valence-corrected chi connectivity index (χ2v) is 9.53. The lowest BCUT2D eigenvalue weighted by atomic mass is 9.98. The van der Waals surface area contributed by atoms with Gasteiger partial charge in [0.15, 0.2) is 5.43 Å². The molecule has 2 aromatic carbocycles. The fraction of sp³-hybridized carbons (Fsp3) is 0.407. The van der Waals surface area contributed by atoms with E-state index < -0.39 is 6.04 Å². The summed E-state index contributed by atoms with van der Waals surface area (Å²) >= 11 is 6.31. The Labute approximate surface area is 204 Å². The molecule has 2 heterocycles. The van der Waals surface area contributed by atoms with Gasteiger partial charge in [-0.3, -0.25) is 9.59 Å². The first-order valence-corrected chi connectivity index (χ1v) is 12.0. The third-order valence-corrected chi connectivity index (χ3v) is 6.54. The first-order valence-electron chi connectivity index (χ1n) is 11.6. The minimum atomic E-state index is -0.575. The van der Waals surface area contributed by atoms with Crippen molar-refractivity contribution in [2.45, 2.75) is 39.7 Å². The van der Waals surface area contributed by atoms with E-state index in [1.165, 1.54) is 0 Å². The van der Waals surface area contributed by atoms with E-state index >= 15 is 0 Å². The molecule has 6 nitrogen and oxygen atoms in total. The van der Waals surface area contributed by atoms with Crippen molar-refractivity contribution >= 4 is 28.5 Å². The van der Waals surface area contributed by atoms with E-state index in [2.05, 4.69) is 13.8 Å². The summed E-state index contributed by atoms with van der Waals surface area (Å²) in [6.45, 7) is 7.66. The zero-order valence-electron chi connectivity index (χ0n) is 20.0. The summed E-state index contributed by atoms with van der Waals surface area (Å²) in [6.07, 6.45) is 1.57. The van der Waals surface area contributed by atoms with Crippen LogP contribution in [0.1, 0.15) is 60.0 Å². The van der Waals surface area contributed by atoms with E-state index in [1.54, 1.807) is 24.1 Å². The molecule has 0 saturated heterocycles. The number of carbonyl (C=O) groups excluding carboxylic acids is 1. The molecular weight excluding hydrogens is 454 g/mol. The van der Waals surface area contributed by atoms with Gasteiger partial charge in [-0.25, -0.2) is 0 Å². The Morgan fingerprint density at radius 1 is 1.15 bits per heavy atom. The van der Waals surface area contributed by atoms with Crippen LogP contribution >= 0.6 is 11.6 Å². The average Bonchev–Trinajstić information content (AvgIpc) is 3.07. The summed E-state index contributed by atoms with van der Waals surface area (Å²) in [5.74, 6) is 1.04. The number of halogens is 1. The normalized spacial score (nSPS) is 15.4. The van der Waals surface area contributed by atoms with E-state index in [1.807, 2.05) is 31.2 Å². The van der Waals surface area contributed by atoms with Crippen LogP contribution in [0.2, 0.25) is 5.02 Å². The third-order valence-electron chi connectivity index (χ3n) is 6.13. The predicted octanol–water partition coefficient (Wildman–Crippen LogP) is 5.76. The van der Waals surface area contributed by atoms with E-state index in [0.717, 1.165) is 17.5 Å². The molecule has 180 valence electrons. The number of ether oxygens (including phenoxy) is 2. The molecule has 1 aromatic heterocycles. The average molecular weight is 484 g/mol. The molecule has 1 atom stereocenters. The molecule has 0 saturated carbocycles. The van der Waals surface area contributed by atoms with Gasteiger partial charge in [-0.05, 0) is 61.1 Å². The van der Waals surface area contributed by atoms with Crippen molar-refractivity contribution in [2.24, 2.45) is 5.92 Å². The van der Waals surface area contributed by atoms with Gasteiger partial charge in [0.05, 0.1) is 23.6 Å². The van der Waals surface area contributed by atoms with Crippen molar-refractivity contribution in [1.29, 1.82) is 0 Å². The summed E-state index contributed by atoms with van der Waals surface area (Å²) in [6, 6.07) is 10.4. The lowest BCUT2D eigenvalue weighted by Gasteiger charge is -2.25. The van der Waals surface area contributed by atoms with Crippen LogP contribution in [0, 0.1) is 12.8 Å². The summed E-state index contributed by atoms with van der Waals surface area (Å²) in [4.78, 5) is 28.8. The number of carbonyl (C=O) groups is 1. The Hall–Kier alpha value is -2.83. The van der Waals surface area contributed by atoms with E-state index in [9.17, 15) is 9.59 Å². The predicted molar refractivity (Wildman–Crippen MR) is 133 cm³/mol. The smallest absolute Gasteiger partial charge is 0.290 e. The van der Waals surface area contributed by atoms with E-state index in [-0.39, 0.29) is 17.1 Å². The van der Waals surface area contributed by atoms with Crippen molar-refractivity contribution in [3.05, 3.63) is 74.1 Å². The van der Waals surface area contributed by atoms with Crippen molar-refractivity contribution in [1.82, 2.24) is 4.90 Å². The first-order chi connectivity index (χ1) is 16.3. The molecule has 1 aliphatic rings. The van der Waals surface area contributed by atoms with Gasteiger partial charge in [-0.15, -0.1) is 0 Å². The largest absolute Gasteiger partial charge is 0.494 e. The number of benzene rings is 2. The fourth-order valence-electron chi connectivity index (χ4n) is 4.28. The van der Waals surface area contributed by atoms with Crippen LogP contribution in [-0.2, 0) is 4.74 Å². The van der Waals surface area contributed by atoms with Crippen molar-refractivity contribution in [2.75, 3.05) is 26.9 Å². The number of nitrogens with zero attached hydrogens (tertiary/aromatic N) is 1. The zero-order chi connectivity index (χ0) is 24.4. The Bertz CT molecular complexity index is 1270. The maximum absolute atomic E-state index is 13.7. The summed E-state index contributed by atoms with van der Waals surface area (Å²) in [5.41, 5.74) is 2.05. The van der Waals surface area contributed by atoms with Crippen LogP contribution in [0.4, 0.5) is 0 Å². The van der Waals surface area contributed by atoms with E-state index in [0.29, 0.717) is 59.4 Å². The van der Waals surface area contributed by atoms with Crippen molar-refractivity contribution in [3.63, 3.8) is 0 Å². The van der Waals surface area contributed by atoms with Gasteiger partial charge < -0.3 is 18.8 Å². The molecule has 0 aliphatic carbocycles. The molecule has 1 amide bonds. The lowest BCUT2D eigenvalue weighted by molar-refractivity contribution is 0.0707. The molecule has 0 fully saturated rings. The minimum absolute atomic E-state index is 0.0905. The molecule has 34 heavy (non-hydrogen) atoms. The third kappa shape index (κ3) is 4.70. The molecule has 0 bridgehead atoms. The van der Waals surface area contributed by atoms with Crippen LogP contribution in [0.25, 0.3) is 11.0 Å². The van der Waals surface area contributed by atoms with Crippen LogP contribution < -0.4 is 10.2 Å². The van der Waals surface area contributed by atoms with Gasteiger partial charge in [0, 0.05) is 25.3 Å². The maximum Gasteiger partial charge on any atom is 0.290 e. The summed E-state index contributed by atoms with van der Waals surface area (Å²) in [7, 11) is 1.62. The second-order valence-electron chi connectivity index (χ2n) is 9.12. The molecule has 7 heteroatoms. The van der Waals surface area contributed by atoms with E-state index in [4.69, 9.17) is 25.5 Å². The minimum Gasteiger partial charge on any atom is -0.494 e. The number of aryl methyl sites for hydroxylation is 1. The van der Waals surface area contributed by atoms with Crippen LogP contribution in [-0.4, -0.2) is 37.7 Å². The number of rotatable bonds is 9. The lowest BCUT2D eigenvalue weighted by Crippen LogP contribution is -2.31. The highest BCUT2D eigenvalue weighted by atomic mass is 35.5. The fourth-order valence-corrected chi connectivity index (χ4v) is 4.45. The highest BCUT2D eigenvalue weighted by Gasteiger charge is 2.42. The van der Waals surface area contributed by atoms with Gasteiger partial charge in [0.1, 0.15) is 11.3 Å². The number of methoxy groups -OCH3 is 1. The summed E-state index contributed by atoms with van der Waals surface area (Å²) in [5, 5.41) is 0.855. The van der Waals surface area contributed by atoms with Crippen molar-refractivity contribution < 1.29 is 18.7 Å². The monoisotopic (exact) mass is 483 g/mol. The summed E-state index contributed by atoms with van der Waals surface area (Å²) < 4.78 is 17.2. The standard InChI is InChI=1S/C27H30ClNO5/c1-16(2)9-12-33-19-8-5-7-18(14-19)24-23-25(30)20-15-21(28)17(3)13-22(20)34-26(23)27(31)29(24)10-6-11-32-4/h5,7-8,13-16,24H,6,9-12H2,1-4H3. The molecule has 1 unspecified atom stereocenters. The SMILES string of the molecule is COCCCN1C(=O)c2oc3cc(C)c(Cl)cc3c(=O)c2C1c1cccc(OCCC(C)C)c1. The van der Waals surface area contributed by atoms with Gasteiger partial charge >= 0.3 is 0 Å². The van der Waals surface area contributed by atoms with Crippen LogP contribution in [0.15, 0.2) is 45.6 Å². The molecule has 3 aromatic rings. The maximum atomic E-state index is 13.7. The molecule has 4 rings (SSSR count). The van der Waals surface area contributed by atoms with Crippen LogP contribution in [0.5, 0.6) is 5.75 Å². The second kappa shape index (κ2) is 10.2. The van der Waals surface area contributed by atoms with Crippen molar-refractivity contribution in [3.8, 4) is 5.75 Å². The molecular formula is C27H30ClNO5. The number of fused-ring (bicyclic) bond motifs is 2. The van der Waals surface area contributed by atoms with Crippen LogP contribution in [0.3, 0.4) is 0 Å². The number of amides is 1.